The lowest BCUT2D eigenvalue weighted by Gasteiger charge is -2.15. The van der Waals surface area contributed by atoms with Crippen LogP contribution in [0, 0.1) is 5.92 Å². The summed E-state index contributed by atoms with van der Waals surface area (Å²) >= 11 is 0. The van der Waals surface area contributed by atoms with E-state index in [-0.39, 0.29) is 23.1 Å². The standard InChI is InChI=1S/C18H23N3O4/c1-5-19-16(22)12(4)25-18(24)15-13-8-6-7-9-14(13)17(23)21(20-15)10-11(2)3/h6-9,11-12H,5,10H2,1-4H3,(H,19,22)/t12-/m1/s1. The van der Waals surface area contributed by atoms with Gasteiger partial charge in [-0.1, -0.05) is 32.0 Å². The molecule has 7 heteroatoms. The van der Waals surface area contributed by atoms with Gasteiger partial charge < -0.3 is 10.1 Å². The second-order valence-electron chi connectivity index (χ2n) is 6.22. The van der Waals surface area contributed by atoms with Gasteiger partial charge in [0.2, 0.25) is 0 Å². The first-order valence-electron chi connectivity index (χ1n) is 8.33. The fourth-order valence-electron chi connectivity index (χ4n) is 2.44. The Balaban J connectivity index is 2.45. The van der Waals surface area contributed by atoms with E-state index >= 15 is 0 Å². The number of fused-ring (bicyclic) bond motifs is 1. The number of ether oxygens (including phenoxy) is 1. The van der Waals surface area contributed by atoms with Crippen LogP contribution in [0.4, 0.5) is 0 Å². The first kappa shape index (κ1) is 18.6. The summed E-state index contributed by atoms with van der Waals surface area (Å²) in [5.41, 5.74) is -0.218. The molecule has 7 nitrogen and oxygen atoms in total. The molecule has 0 fully saturated rings. The number of amides is 1. The highest BCUT2D eigenvalue weighted by molar-refractivity contribution is 6.02. The number of carbonyl (C=O) groups excluding carboxylic acids is 2. The predicted octanol–water partition coefficient (Wildman–Crippen LogP) is 1.73. The second kappa shape index (κ2) is 7.92. The first-order chi connectivity index (χ1) is 11.8. The van der Waals surface area contributed by atoms with Crippen LogP contribution in [0.1, 0.15) is 38.2 Å². The van der Waals surface area contributed by atoms with Crippen molar-refractivity contribution in [3.05, 3.63) is 40.3 Å². The number of likely N-dealkylation sites (N-methyl/N-ethyl adjacent to an activating group) is 1. The van der Waals surface area contributed by atoms with Crippen molar-refractivity contribution in [1.82, 2.24) is 15.1 Å². The van der Waals surface area contributed by atoms with Gasteiger partial charge in [0, 0.05) is 18.5 Å². The number of rotatable bonds is 6. The van der Waals surface area contributed by atoms with Crippen LogP contribution in [-0.4, -0.2) is 34.3 Å². The minimum Gasteiger partial charge on any atom is -0.448 e. The summed E-state index contributed by atoms with van der Waals surface area (Å²) in [5.74, 6) is -0.924. The third kappa shape index (κ3) is 4.23. The van der Waals surface area contributed by atoms with Crippen LogP contribution in [-0.2, 0) is 16.1 Å². The Morgan fingerprint density at radius 1 is 1.20 bits per heavy atom. The quantitative estimate of drug-likeness (QED) is 0.805. The van der Waals surface area contributed by atoms with Crippen LogP contribution in [0.5, 0.6) is 0 Å². The fourth-order valence-corrected chi connectivity index (χ4v) is 2.44. The van der Waals surface area contributed by atoms with Crippen molar-refractivity contribution in [3.63, 3.8) is 0 Å². The number of hydrogen-bond donors (Lipinski definition) is 1. The summed E-state index contributed by atoms with van der Waals surface area (Å²) < 4.78 is 6.51. The van der Waals surface area contributed by atoms with Gasteiger partial charge in [0.05, 0.1) is 5.39 Å². The molecule has 0 aliphatic carbocycles. The van der Waals surface area contributed by atoms with Gasteiger partial charge in [0.15, 0.2) is 11.8 Å². The van der Waals surface area contributed by atoms with E-state index in [1.54, 1.807) is 31.2 Å². The highest BCUT2D eigenvalue weighted by Gasteiger charge is 2.23. The maximum absolute atomic E-state index is 12.5. The third-order valence-electron chi connectivity index (χ3n) is 3.60. The Bertz CT molecular complexity index is 842. The Kier molecular flexibility index (Phi) is 5.90. The van der Waals surface area contributed by atoms with E-state index in [2.05, 4.69) is 10.4 Å². The zero-order chi connectivity index (χ0) is 18.6. The lowest BCUT2D eigenvalue weighted by Crippen LogP contribution is -2.36. The summed E-state index contributed by atoms with van der Waals surface area (Å²) in [6.07, 6.45) is -0.946. The molecular formula is C18H23N3O4. The molecule has 134 valence electrons. The van der Waals surface area contributed by atoms with E-state index < -0.39 is 12.1 Å². The number of aromatic nitrogens is 2. The average Bonchev–Trinajstić information content (AvgIpc) is 2.57. The average molecular weight is 345 g/mol. The predicted molar refractivity (Wildman–Crippen MR) is 94.4 cm³/mol. The molecular weight excluding hydrogens is 322 g/mol. The zero-order valence-corrected chi connectivity index (χ0v) is 14.9. The smallest absolute Gasteiger partial charge is 0.360 e. The highest BCUT2D eigenvalue weighted by Crippen LogP contribution is 2.15. The maximum Gasteiger partial charge on any atom is 0.360 e. The number of esters is 1. The Hall–Kier alpha value is -2.70. The van der Waals surface area contributed by atoms with Crippen LogP contribution >= 0.6 is 0 Å². The molecule has 1 aromatic heterocycles. The molecule has 1 aromatic carbocycles. The number of nitrogens with one attached hydrogen (secondary N) is 1. The second-order valence-corrected chi connectivity index (χ2v) is 6.22. The summed E-state index contributed by atoms with van der Waals surface area (Å²) in [4.78, 5) is 36.9. The molecule has 0 unspecified atom stereocenters. The lowest BCUT2D eigenvalue weighted by atomic mass is 10.1. The molecule has 25 heavy (non-hydrogen) atoms. The van der Waals surface area contributed by atoms with Crippen LogP contribution in [0.3, 0.4) is 0 Å². The van der Waals surface area contributed by atoms with Gasteiger partial charge in [-0.05, 0) is 25.8 Å². The summed E-state index contributed by atoms with van der Waals surface area (Å²) in [6, 6.07) is 6.76. The van der Waals surface area contributed by atoms with Gasteiger partial charge in [-0.2, -0.15) is 5.10 Å². The van der Waals surface area contributed by atoms with E-state index in [1.165, 1.54) is 11.6 Å². The topological polar surface area (TPSA) is 90.3 Å². The van der Waals surface area contributed by atoms with Gasteiger partial charge in [0.25, 0.3) is 11.5 Å². The van der Waals surface area contributed by atoms with Crippen LogP contribution < -0.4 is 10.9 Å². The first-order valence-corrected chi connectivity index (χ1v) is 8.33. The monoisotopic (exact) mass is 345 g/mol. The molecule has 1 heterocycles. The number of hydrogen-bond acceptors (Lipinski definition) is 5. The van der Waals surface area contributed by atoms with E-state index in [0.717, 1.165) is 0 Å². The van der Waals surface area contributed by atoms with Crippen LogP contribution in [0.25, 0.3) is 10.8 Å². The Morgan fingerprint density at radius 2 is 1.84 bits per heavy atom. The fraction of sp³-hybridized carbons (Fsp3) is 0.444. The molecule has 1 N–H and O–H groups in total. The Morgan fingerprint density at radius 3 is 2.44 bits per heavy atom. The maximum atomic E-state index is 12.5. The number of carbonyl (C=O) groups is 2. The molecule has 0 radical (unpaired) electrons. The summed E-state index contributed by atoms with van der Waals surface area (Å²) in [7, 11) is 0. The van der Waals surface area contributed by atoms with Gasteiger partial charge >= 0.3 is 5.97 Å². The SMILES string of the molecule is CCNC(=O)[C@@H](C)OC(=O)c1nn(CC(C)C)c(=O)c2ccccc12. The normalized spacial score (nSPS) is 12.2. The van der Waals surface area contributed by atoms with E-state index in [0.29, 0.717) is 23.9 Å². The van der Waals surface area contributed by atoms with Crippen molar-refractivity contribution in [3.8, 4) is 0 Å². The highest BCUT2D eigenvalue weighted by atomic mass is 16.5. The number of benzene rings is 1. The molecule has 0 saturated carbocycles. The summed E-state index contributed by atoms with van der Waals surface area (Å²) in [6.45, 7) is 8.02. The zero-order valence-electron chi connectivity index (χ0n) is 14.9. The molecule has 1 atom stereocenters. The lowest BCUT2D eigenvalue weighted by molar-refractivity contribution is -0.128. The van der Waals surface area contributed by atoms with E-state index in [4.69, 9.17) is 4.74 Å². The molecule has 0 bridgehead atoms. The molecule has 0 saturated heterocycles. The molecule has 2 rings (SSSR count). The summed E-state index contributed by atoms with van der Waals surface area (Å²) in [5, 5.41) is 7.61. The van der Waals surface area contributed by atoms with E-state index in [9.17, 15) is 14.4 Å². The Labute approximate surface area is 146 Å². The molecule has 0 spiro atoms. The van der Waals surface area contributed by atoms with Crippen molar-refractivity contribution in [2.75, 3.05) is 6.54 Å². The molecule has 0 aliphatic heterocycles. The third-order valence-corrected chi connectivity index (χ3v) is 3.60. The van der Waals surface area contributed by atoms with Crippen molar-refractivity contribution < 1.29 is 14.3 Å². The minimum atomic E-state index is -0.946. The minimum absolute atomic E-state index is 0.0343. The van der Waals surface area contributed by atoms with Crippen molar-refractivity contribution in [2.45, 2.75) is 40.3 Å². The van der Waals surface area contributed by atoms with Gasteiger partial charge in [0.1, 0.15) is 0 Å². The van der Waals surface area contributed by atoms with Crippen molar-refractivity contribution >= 4 is 22.6 Å². The molecule has 1 amide bonds. The van der Waals surface area contributed by atoms with Gasteiger partial charge in [-0.25, -0.2) is 9.48 Å². The van der Waals surface area contributed by atoms with Crippen LogP contribution in [0.2, 0.25) is 0 Å². The van der Waals surface area contributed by atoms with Crippen molar-refractivity contribution in [1.29, 1.82) is 0 Å². The molecule has 0 aliphatic rings. The molecule has 2 aromatic rings. The van der Waals surface area contributed by atoms with Gasteiger partial charge in [-0.15, -0.1) is 0 Å². The van der Waals surface area contributed by atoms with E-state index in [1.807, 2.05) is 13.8 Å². The van der Waals surface area contributed by atoms with Crippen LogP contribution in [0.15, 0.2) is 29.1 Å². The van der Waals surface area contributed by atoms with Gasteiger partial charge in [-0.3, -0.25) is 9.59 Å². The van der Waals surface area contributed by atoms with Crippen molar-refractivity contribution in [2.24, 2.45) is 5.92 Å². The number of nitrogens with zero attached hydrogens (tertiary/aromatic N) is 2. The largest absolute Gasteiger partial charge is 0.448 e.